The predicted molar refractivity (Wildman–Crippen MR) is 69.5 cm³/mol. The molecule has 1 N–H and O–H groups in total. The highest BCUT2D eigenvalue weighted by molar-refractivity contribution is 6.21. The van der Waals surface area contributed by atoms with Crippen LogP contribution < -0.4 is 0 Å². The van der Waals surface area contributed by atoms with Crippen LogP contribution in [-0.2, 0) is 9.53 Å². The summed E-state index contributed by atoms with van der Waals surface area (Å²) in [6, 6.07) is 6.67. The van der Waals surface area contributed by atoms with E-state index >= 15 is 0 Å². The Hall–Kier alpha value is -2.21. The van der Waals surface area contributed by atoms with Crippen molar-refractivity contribution in [2.75, 3.05) is 13.2 Å². The van der Waals surface area contributed by atoms with Gasteiger partial charge >= 0.3 is 5.97 Å². The predicted octanol–water partition coefficient (Wildman–Crippen LogP) is 1.16. The Morgan fingerprint density at radius 3 is 2.30 bits per heavy atom. The van der Waals surface area contributed by atoms with E-state index in [0.717, 1.165) is 0 Å². The fraction of sp³-hybridized carbons (Fsp3) is 0.357. The van der Waals surface area contributed by atoms with Crippen LogP contribution in [0, 0.1) is 0 Å². The average molecular weight is 277 g/mol. The van der Waals surface area contributed by atoms with Crippen LogP contribution in [-0.4, -0.2) is 47.0 Å². The fourth-order valence-corrected chi connectivity index (χ4v) is 2.00. The van der Waals surface area contributed by atoms with Gasteiger partial charge in [0.1, 0.15) is 0 Å². The topological polar surface area (TPSA) is 83.9 Å². The number of rotatable bonds is 6. The Bertz CT molecular complexity index is 519. The van der Waals surface area contributed by atoms with E-state index in [9.17, 15) is 14.4 Å². The van der Waals surface area contributed by atoms with E-state index in [2.05, 4.69) is 0 Å². The van der Waals surface area contributed by atoms with Crippen LogP contribution in [0.1, 0.15) is 34.1 Å². The number of ether oxygens (including phenoxy) is 1. The van der Waals surface area contributed by atoms with Gasteiger partial charge in [-0.2, -0.15) is 0 Å². The van der Waals surface area contributed by atoms with Crippen LogP contribution in [0.3, 0.4) is 0 Å². The zero-order valence-electron chi connectivity index (χ0n) is 11.0. The first kappa shape index (κ1) is 14.2. The molecule has 1 aromatic rings. The fourth-order valence-electron chi connectivity index (χ4n) is 2.00. The number of carbonyl (C=O) groups excluding carboxylic acids is 2. The van der Waals surface area contributed by atoms with Gasteiger partial charge in [0, 0.05) is 13.2 Å². The lowest BCUT2D eigenvalue weighted by Gasteiger charge is -2.14. The lowest BCUT2D eigenvalue weighted by Crippen LogP contribution is -2.31. The normalized spacial score (nSPS) is 15.3. The molecule has 2 rings (SSSR count). The summed E-state index contributed by atoms with van der Waals surface area (Å²) in [4.78, 5) is 35.8. The Labute approximate surface area is 115 Å². The second kappa shape index (κ2) is 5.83. The van der Waals surface area contributed by atoms with Crippen LogP contribution in [0.25, 0.3) is 0 Å². The van der Waals surface area contributed by atoms with Crippen molar-refractivity contribution >= 4 is 17.8 Å². The number of carboxylic acid groups (broad SMARTS) is 1. The summed E-state index contributed by atoms with van der Waals surface area (Å²) in [6.07, 6.45) is -0.486. The molecule has 1 aromatic carbocycles. The van der Waals surface area contributed by atoms with E-state index in [0.29, 0.717) is 17.5 Å². The smallest absolute Gasteiger partial charge is 0.332 e. The Balaban J connectivity index is 1.88. The van der Waals surface area contributed by atoms with E-state index in [-0.39, 0.29) is 25.0 Å². The molecule has 0 unspecified atom stereocenters. The average Bonchev–Trinajstić information content (AvgIpc) is 2.68. The molecule has 0 saturated heterocycles. The van der Waals surface area contributed by atoms with Crippen molar-refractivity contribution in [1.29, 1.82) is 0 Å². The van der Waals surface area contributed by atoms with Crippen molar-refractivity contribution in [3.63, 3.8) is 0 Å². The SMILES string of the molecule is C[C@@H](OCCCN1C(=O)c2ccccc2C1=O)C(=O)O. The molecule has 0 radical (unpaired) electrons. The third kappa shape index (κ3) is 2.70. The maximum absolute atomic E-state index is 12.0. The van der Waals surface area contributed by atoms with Gasteiger partial charge in [0.2, 0.25) is 0 Å². The van der Waals surface area contributed by atoms with Crippen LogP contribution in [0.2, 0.25) is 0 Å². The summed E-state index contributed by atoms with van der Waals surface area (Å²) >= 11 is 0. The molecule has 1 aliphatic heterocycles. The molecule has 0 spiro atoms. The van der Waals surface area contributed by atoms with E-state index < -0.39 is 12.1 Å². The van der Waals surface area contributed by atoms with Gasteiger partial charge in [0.05, 0.1) is 11.1 Å². The molecular formula is C14H15NO5. The summed E-state index contributed by atoms with van der Waals surface area (Å²) in [6.45, 7) is 1.84. The highest BCUT2D eigenvalue weighted by atomic mass is 16.5. The summed E-state index contributed by atoms with van der Waals surface area (Å²) in [7, 11) is 0. The number of imide groups is 1. The maximum Gasteiger partial charge on any atom is 0.332 e. The first-order valence-electron chi connectivity index (χ1n) is 6.32. The molecule has 0 bridgehead atoms. The molecule has 1 aliphatic rings. The van der Waals surface area contributed by atoms with Gasteiger partial charge in [0.25, 0.3) is 11.8 Å². The van der Waals surface area contributed by atoms with Crippen LogP contribution >= 0.6 is 0 Å². The van der Waals surface area contributed by atoms with Crippen LogP contribution in [0.15, 0.2) is 24.3 Å². The van der Waals surface area contributed by atoms with Gasteiger partial charge in [-0.3, -0.25) is 14.5 Å². The zero-order chi connectivity index (χ0) is 14.7. The molecule has 0 aliphatic carbocycles. The van der Waals surface area contributed by atoms with Crippen LogP contribution in [0.4, 0.5) is 0 Å². The third-order valence-corrected chi connectivity index (χ3v) is 3.12. The van der Waals surface area contributed by atoms with Crippen molar-refractivity contribution in [1.82, 2.24) is 4.90 Å². The van der Waals surface area contributed by atoms with E-state index in [1.54, 1.807) is 24.3 Å². The number of hydrogen-bond donors (Lipinski definition) is 1. The minimum atomic E-state index is -1.04. The number of carboxylic acids is 1. The van der Waals surface area contributed by atoms with E-state index in [4.69, 9.17) is 9.84 Å². The number of amides is 2. The standard InChI is InChI=1S/C14H15NO5/c1-9(14(18)19)20-8-4-7-15-12(16)10-5-2-3-6-11(10)13(15)17/h2-3,5-6,9H,4,7-8H2,1H3,(H,18,19)/t9-/m1/s1. The van der Waals surface area contributed by atoms with Crippen molar-refractivity contribution in [3.05, 3.63) is 35.4 Å². The minimum Gasteiger partial charge on any atom is -0.479 e. The quantitative estimate of drug-likeness (QED) is 0.623. The van der Waals surface area contributed by atoms with Gasteiger partial charge < -0.3 is 9.84 Å². The van der Waals surface area contributed by atoms with Crippen molar-refractivity contribution < 1.29 is 24.2 Å². The van der Waals surface area contributed by atoms with Gasteiger partial charge in [-0.05, 0) is 25.5 Å². The molecule has 106 valence electrons. The van der Waals surface area contributed by atoms with Gasteiger partial charge in [-0.15, -0.1) is 0 Å². The second-order valence-corrected chi connectivity index (χ2v) is 4.51. The number of fused-ring (bicyclic) bond motifs is 1. The van der Waals surface area contributed by atoms with Crippen molar-refractivity contribution in [2.45, 2.75) is 19.4 Å². The molecule has 2 amide bonds. The Morgan fingerprint density at radius 2 is 1.80 bits per heavy atom. The van der Waals surface area contributed by atoms with E-state index in [1.807, 2.05) is 0 Å². The van der Waals surface area contributed by atoms with Gasteiger partial charge in [-0.1, -0.05) is 12.1 Å². The van der Waals surface area contributed by atoms with E-state index in [1.165, 1.54) is 11.8 Å². The highest BCUT2D eigenvalue weighted by Gasteiger charge is 2.34. The molecule has 0 fully saturated rings. The second-order valence-electron chi connectivity index (χ2n) is 4.51. The van der Waals surface area contributed by atoms with Crippen molar-refractivity contribution in [2.24, 2.45) is 0 Å². The number of hydrogen-bond acceptors (Lipinski definition) is 4. The minimum absolute atomic E-state index is 0.181. The summed E-state index contributed by atoms with van der Waals surface area (Å²) < 4.78 is 5.06. The summed E-state index contributed by atoms with van der Waals surface area (Å²) in [5.41, 5.74) is 0.828. The third-order valence-electron chi connectivity index (χ3n) is 3.12. The molecule has 1 heterocycles. The van der Waals surface area contributed by atoms with Gasteiger partial charge in [0.15, 0.2) is 6.10 Å². The number of aliphatic carboxylic acids is 1. The molecular weight excluding hydrogens is 262 g/mol. The lowest BCUT2D eigenvalue weighted by molar-refractivity contribution is -0.149. The first-order chi connectivity index (χ1) is 9.52. The molecule has 0 saturated carbocycles. The molecule has 6 heteroatoms. The Morgan fingerprint density at radius 1 is 1.25 bits per heavy atom. The largest absolute Gasteiger partial charge is 0.479 e. The highest BCUT2D eigenvalue weighted by Crippen LogP contribution is 2.22. The van der Waals surface area contributed by atoms with Gasteiger partial charge in [-0.25, -0.2) is 4.79 Å². The molecule has 20 heavy (non-hydrogen) atoms. The van der Waals surface area contributed by atoms with Crippen LogP contribution in [0.5, 0.6) is 0 Å². The van der Waals surface area contributed by atoms with Crippen molar-refractivity contribution in [3.8, 4) is 0 Å². The molecule has 1 atom stereocenters. The molecule has 0 aromatic heterocycles. The Kier molecular flexibility index (Phi) is 4.14. The number of nitrogens with zero attached hydrogens (tertiary/aromatic N) is 1. The maximum atomic E-state index is 12.0. The summed E-state index contributed by atoms with van der Waals surface area (Å²) in [5.74, 6) is -1.65. The number of benzene rings is 1. The lowest BCUT2D eigenvalue weighted by atomic mass is 10.1. The zero-order valence-corrected chi connectivity index (χ0v) is 11.0. The summed E-state index contributed by atoms with van der Waals surface area (Å²) in [5, 5.41) is 8.65. The first-order valence-corrected chi connectivity index (χ1v) is 6.32. The number of carbonyl (C=O) groups is 3. The molecule has 6 nitrogen and oxygen atoms in total. The monoisotopic (exact) mass is 277 g/mol.